The van der Waals surface area contributed by atoms with Gasteiger partial charge in [0, 0.05) is 6.20 Å². The topological polar surface area (TPSA) is 17.8 Å². The van der Waals surface area contributed by atoms with E-state index >= 15 is 0 Å². The fourth-order valence-corrected chi connectivity index (χ4v) is 5.43. The minimum Gasteiger partial charge on any atom is -0.269 e. The predicted molar refractivity (Wildman–Crippen MR) is 153 cm³/mol. The molecule has 0 amide bonds. The largest absolute Gasteiger partial charge is 0.269 e. The zero-order valence-electron chi connectivity index (χ0n) is 24.0. The lowest BCUT2D eigenvalue weighted by Crippen LogP contribution is -2.10. The number of nitrogens with zero attached hydrogens (tertiary/aromatic N) is 2. The van der Waals surface area contributed by atoms with Gasteiger partial charge in [-0.15, -0.1) is 0 Å². The molecular weight excluding hydrogens is 412 g/mol. The number of hydrogen-bond donors (Lipinski definition) is 0. The highest BCUT2D eigenvalue weighted by Crippen LogP contribution is 2.31. The van der Waals surface area contributed by atoms with Crippen molar-refractivity contribution in [2.24, 2.45) is 0 Å². The molecule has 1 atom stereocenters. The molecule has 200 valence electrons. The molecule has 0 saturated heterocycles. The maximum Gasteiger partial charge on any atom is 0.0524 e. The molecule has 0 aliphatic heterocycles. The quantitative estimate of drug-likeness (QED) is 0.129. The lowest BCUT2D eigenvalue weighted by molar-refractivity contribution is 0.366. The fraction of sp³-hybridized carbons (Fsp3) is 0.906. The normalized spacial score (nSPS) is 12.6. The zero-order chi connectivity index (χ0) is 24.7. The molecule has 1 unspecified atom stereocenters. The van der Waals surface area contributed by atoms with Gasteiger partial charge in [-0.3, -0.25) is 4.68 Å². The van der Waals surface area contributed by atoms with E-state index in [9.17, 15) is 0 Å². The highest BCUT2D eigenvalue weighted by molar-refractivity contribution is 5.11. The standard InChI is InChI=1S/C32H62N2/c1-5-9-13-17-21-25-30(24-20-16-12-8-4)31-28-33-34(29-31)32(26-22-18-14-10-6-2)27-23-19-15-11-7-3/h28-30,32H,5-27H2,1-4H3. The van der Waals surface area contributed by atoms with Crippen molar-refractivity contribution < 1.29 is 0 Å². The summed E-state index contributed by atoms with van der Waals surface area (Å²) < 4.78 is 2.39. The smallest absolute Gasteiger partial charge is 0.0524 e. The van der Waals surface area contributed by atoms with Gasteiger partial charge >= 0.3 is 0 Å². The first kappa shape index (κ1) is 31.2. The highest BCUT2D eigenvalue weighted by atomic mass is 15.3. The van der Waals surface area contributed by atoms with Gasteiger partial charge < -0.3 is 0 Å². The Morgan fingerprint density at radius 2 is 0.912 bits per heavy atom. The van der Waals surface area contributed by atoms with Crippen LogP contribution in [0, 0.1) is 0 Å². The van der Waals surface area contributed by atoms with Crippen molar-refractivity contribution in [1.29, 1.82) is 0 Å². The van der Waals surface area contributed by atoms with Crippen molar-refractivity contribution in [1.82, 2.24) is 9.78 Å². The Labute approximate surface area is 215 Å². The molecule has 0 aliphatic carbocycles. The Kier molecular flexibility index (Phi) is 20.8. The maximum absolute atomic E-state index is 4.99. The van der Waals surface area contributed by atoms with Gasteiger partial charge in [0.1, 0.15) is 0 Å². The predicted octanol–water partition coefficient (Wildman–Crippen LogP) is 11.6. The SMILES string of the molecule is CCCCCCCC(CCCCCC)c1cnn(C(CCCCCCC)CCCCCCC)c1. The summed E-state index contributed by atoms with van der Waals surface area (Å²) >= 11 is 0. The highest BCUT2D eigenvalue weighted by Gasteiger charge is 2.17. The van der Waals surface area contributed by atoms with Gasteiger partial charge in [0.15, 0.2) is 0 Å². The Balaban J connectivity index is 2.71. The molecule has 0 N–H and O–H groups in total. The van der Waals surface area contributed by atoms with Gasteiger partial charge in [-0.05, 0) is 37.2 Å². The fourth-order valence-electron chi connectivity index (χ4n) is 5.43. The summed E-state index contributed by atoms with van der Waals surface area (Å²) in [5.41, 5.74) is 1.54. The third-order valence-electron chi connectivity index (χ3n) is 7.81. The van der Waals surface area contributed by atoms with Crippen molar-refractivity contribution in [3.8, 4) is 0 Å². The average Bonchev–Trinajstić information content (AvgIpc) is 3.33. The molecule has 0 saturated carbocycles. The van der Waals surface area contributed by atoms with Gasteiger partial charge in [-0.1, -0.05) is 150 Å². The van der Waals surface area contributed by atoms with Crippen LogP contribution in [0.25, 0.3) is 0 Å². The van der Waals surface area contributed by atoms with E-state index in [0.29, 0.717) is 6.04 Å². The molecule has 0 bridgehead atoms. The molecule has 0 radical (unpaired) electrons. The van der Waals surface area contributed by atoms with Gasteiger partial charge in [0.2, 0.25) is 0 Å². The molecule has 1 aromatic heterocycles. The third-order valence-corrected chi connectivity index (χ3v) is 7.81. The Hall–Kier alpha value is -0.790. The van der Waals surface area contributed by atoms with Crippen LogP contribution in [-0.4, -0.2) is 9.78 Å². The van der Waals surface area contributed by atoms with Crippen LogP contribution in [0.2, 0.25) is 0 Å². The van der Waals surface area contributed by atoms with Crippen molar-refractivity contribution in [2.45, 2.75) is 187 Å². The van der Waals surface area contributed by atoms with E-state index in [-0.39, 0.29) is 0 Å². The number of unbranched alkanes of at least 4 members (excludes halogenated alkanes) is 15. The van der Waals surface area contributed by atoms with Crippen molar-refractivity contribution in [3.63, 3.8) is 0 Å². The van der Waals surface area contributed by atoms with Crippen LogP contribution in [0.1, 0.15) is 193 Å². The summed E-state index contributed by atoms with van der Waals surface area (Å²) in [6, 6.07) is 0.613. The van der Waals surface area contributed by atoms with E-state index in [1.54, 1.807) is 0 Å². The van der Waals surface area contributed by atoms with E-state index in [1.807, 2.05) is 0 Å². The monoisotopic (exact) mass is 474 g/mol. The number of rotatable bonds is 25. The van der Waals surface area contributed by atoms with E-state index in [2.05, 4.69) is 44.8 Å². The molecular formula is C32H62N2. The van der Waals surface area contributed by atoms with Crippen molar-refractivity contribution in [2.75, 3.05) is 0 Å². The van der Waals surface area contributed by atoms with Gasteiger partial charge in [-0.2, -0.15) is 5.10 Å². The molecule has 0 aromatic carbocycles. The minimum atomic E-state index is 0.613. The summed E-state index contributed by atoms with van der Waals surface area (Å²) in [5.74, 6) is 0.724. The second kappa shape index (κ2) is 22.7. The van der Waals surface area contributed by atoms with Crippen LogP contribution in [-0.2, 0) is 0 Å². The third kappa shape index (κ3) is 15.3. The van der Waals surface area contributed by atoms with E-state index in [0.717, 1.165) is 5.92 Å². The molecule has 1 rings (SSSR count). The zero-order valence-corrected chi connectivity index (χ0v) is 24.0. The van der Waals surface area contributed by atoms with E-state index in [4.69, 9.17) is 5.10 Å². The van der Waals surface area contributed by atoms with Crippen molar-refractivity contribution in [3.05, 3.63) is 18.0 Å². The Morgan fingerprint density at radius 3 is 1.35 bits per heavy atom. The van der Waals surface area contributed by atoms with Gasteiger partial charge in [0.05, 0.1) is 12.2 Å². The molecule has 0 spiro atoms. The molecule has 2 heteroatoms. The van der Waals surface area contributed by atoms with Crippen molar-refractivity contribution >= 4 is 0 Å². The summed E-state index contributed by atoms with van der Waals surface area (Å²) in [5, 5.41) is 4.99. The molecule has 2 nitrogen and oxygen atoms in total. The average molecular weight is 475 g/mol. The van der Waals surface area contributed by atoms with Crippen LogP contribution in [0.5, 0.6) is 0 Å². The summed E-state index contributed by atoms with van der Waals surface area (Å²) in [6.45, 7) is 9.26. The second-order valence-corrected chi connectivity index (χ2v) is 11.1. The minimum absolute atomic E-state index is 0.613. The lowest BCUT2D eigenvalue weighted by atomic mass is 9.90. The molecule has 1 heterocycles. The number of aromatic nitrogens is 2. The first-order chi connectivity index (χ1) is 16.8. The number of hydrogen-bond acceptors (Lipinski definition) is 1. The van der Waals surface area contributed by atoms with E-state index in [1.165, 1.54) is 153 Å². The van der Waals surface area contributed by atoms with Crippen LogP contribution in [0.15, 0.2) is 12.4 Å². The van der Waals surface area contributed by atoms with Crippen LogP contribution in [0.3, 0.4) is 0 Å². The molecule has 0 aliphatic rings. The second-order valence-electron chi connectivity index (χ2n) is 11.1. The first-order valence-electron chi connectivity index (χ1n) is 15.8. The molecule has 1 aromatic rings. The van der Waals surface area contributed by atoms with Gasteiger partial charge in [-0.25, -0.2) is 0 Å². The molecule has 34 heavy (non-hydrogen) atoms. The summed E-state index contributed by atoms with van der Waals surface area (Å²) in [4.78, 5) is 0. The first-order valence-corrected chi connectivity index (χ1v) is 15.8. The summed E-state index contributed by atoms with van der Waals surface area (Å²) in [7, 11) is 0. The molecule has 0 fully saturated rings. The summed E-state index contributed by atoms with van der Waals surface area (Å²) in [6.07, 6.45) is 36.3. The van der Waals surface area contributed by atoms with Crippen LogP contribution < -0.4 is 0 Å². The Morgan fingerprint density at radius 1 is 0.529 bits per heavy atom. The van der Waals surface area contributed by atoms with E-state index < -0.39 is 0 Å². The lowest BCUT2D eigenvalue weighted by Gasteiger charge is -2.19. The van der Waals surface area contributed by atoms with Crippen LogP contribution in [0.4, 0.5) is 0 Å². The van der Waals surface area contributed by atoms with Gasteiger partial charge in [0.25, 0.3) is 0 Å². The van der Waals surface area contributed by atoms with Crippen LogP contribution >= 0.6 is 0 Å². The maximum atomic E-state index is 4.99. The Bertz CT molecular complexity index is 521.